The van der Waals surface area contributed by atoms with E-state index < -0.39 is 5.97 Å². The zero-order chi connectivity index (χ0) is 18.3. The molecule has 0 unspecified atom stereocenters. The minimum Gasteiger partial charge on any atom is -0.476 e. The third-order valence-electron chi connectivity index (χ3n) is 4.91. The number of carboxylic acids is 1. The van der Waals surface area contributed by atoms with Crippen LogP contribution in [0.4, 0.5) is 0 Å². The monoisotopic (exact) mass is 366 g/mol. The molecule has 0 atom stereocenters. The van der Waals surface area contributed by atoms with Crippen LogP contribution in [0.25, 0.3) is 11.3 Å². The lowest BCUT2D eigenvalue weighted by Crippen LogP contribution is -2.06. The fraction of sp³-hybridized carbons (Fsp3) is 0.238. The summed E-state index contributed by atoms with van der Waals surface area (Å²) >= 11 is 6.25. The van der Waals surface area contributed by atoms with Gasteiger partial charge in [0.1, 0.15) is 0 Å². The number of nitrogens with zero attached hydrogens (tertiary/aromatic N) is 2. The third kappa shape index (κ3) is 3.01. The molecule has 1 N–H and O–H groups in total. The zero-order valence-electron chi connectivity index (χ0n) is 14.5. The highest BCUT2D eigenvalue weighted by Crippen LogP contribution is 2.36. The summed E-state index contributed by atoms with van der Waals surface area (Å²) in [5, 5.41) is 14.8. The Hall–Kier alpha value is -2.59. The number of aromatic nitrogens is 2. The first-order chi connectivity index (χ1) is 12.5. The lowest BCUT2D eigenvalue weighted by atomic mass is 10.0. The SMILES string of the molecule is Cc1ccc(Cn2nc(C(=O)O)c3c2-c2cc(Cl)ccc2CCC3)cc1. The lowest BCUT2D eigenvalue weighted by Gasteiger charge is -2.12. The van der Waals surface area contributed by atoms with Crippen LogP contribution in [0.15, 0.2) is 42.5 Å². The number of hydrogen-bond acceptors (Lipinski definition) is 2. The van der Waals surface area contributed by atoms with Crippen LogP contribution >= 0.6 is 11.6 Å². The van der Waals surface area contributed by atoms with Crippen LogP contribution in [0.1, 0.15) is 39.2 Å². The van der Waals surface area contributed by atoms with E-state index in [1.54, 1.807) is 0 Å². The number of aromatic carboxylic acids is 1. The maximum Gasteiger partial charge on any atom is 0.356 e. The summed E-state index contributed by atoms with van der Waals surface area (Å²) in [6, 6.07) is 14.1. The van der Waals surface area contributed by atoms with Gasteiger partial charge < -0.3 is 5.11 Å². The van der Waals surface area contributed by atoms with Crippen molar-refractivity contribution in [2.24, 2.45) is 0 Å². The molecular weight excluding hydrogens is 348 g/mol. The van der Waals surface area contributed by atoms with Crippen molar-refractivity contribution in [3.8, 4) is 11.3 Å². The maximum atomic E-state index is 11.8. The molecule has 26 heavy (non-hydrogen) atoms. The van der Waals surface area contributed by atoms with Crippen molar-refractivity contribution in [1.29, 1.82) is 0 Å². The first-order valence-corrected chi connectivity index (χ1v) is 9.08. The normalized spacial score (nSPS) is 13.0. The van der Waals surface area contributed by atoms with Crippen molar-refractivity contribution < 1.29 is 9.90 Å². The van der Waals surface area contributed by atoms with Gasteiger partial charge in [0.05, 0.1) is 12.2 Å². The maximum absolute atomic E-state index is 11.8. The Bertz CT molecular complexity index is 990. The van der Waals surface area contributed by atoms with Crippen LogP contribution < -0.4 is 0 Å². The fourth-order valence-corrected chi connectivity index (χ4v) is 3.80. The van der Waals surface area contributed by atoms with E-state index in [0.29, 0.717) is 18.0 Å². The molecule has 4 rings (SSSR count). The fourth-order valence-electron chi connectivity index (χ4n) is 3.63. The van der Waals surface area contributed by atoms with Crippen molar-refractivity contribution in [3.05, 3.63) is 75.4 Å². The van der Waals surface area contributed by atoms with Crippen LogP contribution in [0.3, 0.4) is 0 Å². The topological polar surface area (TPSA) is 55.1 Å². The summed E-state index contributed by atoms with van der Waals surface area (Å²) in [5.41, 5.74) is 6.32. The number of carbonyl (C=O) groups is 1. The number of benzene rings is 2. The van der Waals surface area contributed by atoms with Gasteiger partial charge in [-0.3, -0.25) is 4.68 Å². The molecule has 2 aromatic carbocycles. The average Bonchev–Trinajstić information content (AvgIpc) is 2.86. The Kier molecular flexibility index (Phi) is 4.29. The van der Waals surface area contributed by atoms with E-state index in [2.05, 4.69) is 29.4 Å². The van der Waals surface area contributed by atoms with Crippen LogP contribution in [-0.4, -0.2) is 20.9 Å². The molecule has 0 radical (unpaired) electrons. The van der Waals surface area contributed by atoms with Gasteiger partial charge in [-0.15, -0.1) is 0 Å². The zero-order valence-corrected chi connectivity index (χ0v) is 15.3. The predicted octanol–water partition coefficient (Wildman–Crippen LogP) is 4.75. The van der Waals surface area contributed by atoms with Crippen molar-refractivity contribution in [1.82, 2.24) is 9.78 Å². The highest BCUT2D eigenvalue weighted by Gasteiger charge is 2.27. The van der Waals surface area contributed by atoms with E-state index >= 15 is 0 Å². The molecular formula is C21H19ClN2O2. The van der Waals surface area contributed by atoms with Crippen LogP contribution in [0.2, 0.25) is 5.02 Å². The number of aryl methyl sites for hydroxylation is 2. The highest BCUT2D eigenvalue weighted by molar-refractivity contribution is 6.30. The molecule has 0 saturated carbocycles. The van der Waals surface area contributed by atoms with E-state index in [1.165, 1.54) is 11.1 Å². The van der Waals surface area contributed by atoms with Gasteiger partial charge in [-0.2, -0.15) is 5.10 Å². The Morgan fingerprint density at radius 3 is 2.69 bits per heavy atom. The first kappa shape index (κ1) is 16.9. The number of rotatable bonds is 3. The summed E-state index contributed by atoms with van der Waals surface area (Å²) in [6.07, 6.45) is 2.51. The van der Waals surface area contributed by atoms with Crippen molar-refractivity contribution in [3.63, 3.8) is 0 Å². The third-order valence-corrected chi connectivity index (χ3v) is 5.14. The van der Waals surface area contributed by atoms with Gasteiger partial charge in [0.15, 0.2) is 5.69 Å². The number of hydrogen-bond donors (Lipinski definition) is 1. The van der Waals surface area contributed by atoms with Crippen LogP contribution in [-0.2, 0) is 19.4 Å². The van der Waals surface area contributed by atoms with Crippen LogP contribution in [0.5, 0.6) is 0 Å². The smallest absolute Gasteiger partial charge is 0.356 e. The Morgan fingerprint density at radius 2 is 1.96 bits per heavy atom. The molecule has 1 aliphatic rings. The molecule has 1 aliphatic carbocycles. The lowest BCUT2D eigenvalue weighted by molar-refractivity contribution is 0.0688. The quantitative estimate of drug-likeness (QED) is 0.727. The van der Waals surface area contributed by atoms with Gasteiger partial charge in [0.2, 0.25) is 0 Å². The van der Waals surface area contributed by atoms with Crippen molar-refractivity contribution in [2.45, 2.75) is 32.7 Å². The largest absolute Gasteiger partial charge is 0.476 e. The summed E-state index contributed by atoms with van der Waals surface area (Å²) in [7, 11) is 0. The summed E-state index contributed by atoms with van der Waals surface area (Å²) < 4.78 is 1.82. The van der Waals surface area contributed by atoms with Crippen molar-refractivity contribution >= 4 is 17.6 Å². The molecule has 1 heterocycles. The Balaban J connectivity index is 1.91. The van der Waals surface area contributed by atoms with Gasteiger partial charge in [-0.1, -0.05) is 47.5 Å². The molecule has 4 nitrogen and oxygen atoms in total. The minimum absolute atomic E-state index is 0.153. The molecule has 0 saturated heterocycles. The molecule has 5 heteroatoms. The molecule has 3 aromatic rings. The standard InChI is InChI=1S/C21H19ClN2O2/c1-13-5-7-14(8-6-13)12-24-20-17(19(23-24)21(25)26)4-2-3-15-9-10-16(22)11-18(15)20/h5-11H,2-4,12H2,1H3,(H,25,26). The number of halogens is 1. The second-order valence-electron chi connectivity index (χ2n) is 6.78. The van der Waals surface area contributed by atoms with E-state index in [-0.39, 0.29) is 5.69 Å². The first-order valence-electron chi connectivity index (χ1n) is 8.70. The summed E-state index contributed by atoms with van der Waals surface area (Å²) in [4.78, 5) is 11.8. The van der Waals surface area contributed by atoms with E-state index in [4.69, 9.17) is 11.6 Å². The van der Waals surface area contributed by atoms with Gasteiger partial charge in [0, 0.05) is 16.1 Å². The van der Waals surface area contributed by atoms with E-state index in [1.807, 2.05) is 29.8 Å². The van der Waals surface area contributed by atoms with E-state index in [0.717, 1.165) is 35.2 Å². The van der Waals surface area contributed by atoms with Crippen LogP contribution in [0, 0.1) is 6.92 Å². The molecule has 0 amide bonds. The molecule has 0 aliphatic heterocycles. The van der Waals surface area contributed by atoms with Gasteiger partial charge in [-0.05, 0) is 49.4 Å². The van der Waals surface area contributed by atoms with Crippen molar-refractivity contribution in [2.75, 3.05) is 0 Å². The van der Waals surface area contributed by atoms with Gasteiger partial charge >= 0.3 is 5.97 Å². The highest BCUT2D eigenvalue weighted by atomic mass is 35.5. The minimum atomic E-state index is -0.977. The van der Waals surface area contributed by atoms with E-state index in [9.17, 15) is 9.90 Å². The molecule has 132 valence electrons. The Labute approximate surface area is 157 Å². The molecule has 0 spiro atoms. The molecule has 1 aromatic heterocycles. The number of carboxylic acid groups (broad SMARTS) is 1. The summed E-state index contributed by atoms with van der Waals surface area (Å²) in [5.74, 6) is -0.977. The second-order valence-corrected chi connectivity index (χ2v) is 7.22. The summed E-state index contributed by atoms with van der Waals surface area (Å²) in [6.45, 7) is 2.58. The molecule has 0 bridgehead atoms. The molecule has 0 fully saturated rings. The average molecular weight is 367 g/mol. The van der Waals surface area contributed by atoms with Gasteiger partial charge in [-0.25, -0.2) is 4.79 Å². The Morgan fingerprint density at radius 1 is 1.19 bits per heavy atom. The number of fused-ring (bicyclic) bond motifs is 3. The second kappa shape index (κ2) is 6.61. The predicted molar refractivity (Wildman–Crippen MR) is 102 cm³/mol. The van der Waals surface area contributed by atoms with Gasteiger partial charge in [0.25, 0.3) is 0 Å².